The molecule has 8 nitrogen and oxygen atoms in total. The van der Waals surface area contributed by atoms with Gasteiger partial charge in [-0.25, -0.2) is 9.97 Å². The average molecular weight is 451 g/mol. The number of anilines is 1. The molecule has 3 heterocycles. The predicted molar refractivity (Wildman–Crippen MR) is 111 cm³/mol. The summed E-state index contributed by atoms with van der Waals surface area (Å²) in [5, 5.41) is 8.06. The Kier molecular flexibility index (Phi) is 7.29. The zero-order valence-electron chi connectivity index (χ0n) is 17.9. The minimum Gasteiger partial charge on any atom is -0.475 e. The third kappa shape index (κ3) is 6.39. The molecule has 1 amide bonds. The van der Waals surface area contributed by atoms with E-state index in [2.05, 4.69) is 25.1 Å². The van der Waals surface area contributed by atoms with Crippen LogP contribution < -0.4 is 10.1 Å². The van der Waals surface area contributed by atoms with E-state index >= 15 is 0 Å². The predicted octanol–water partition coefficient (Wildman–Crippen LogP) is 3.74. The molecule has 3 aromatic heterocycles. The molecule has 0 aliphatic heterocycles. The molecule has 0 unspecified atom stereocenters. The smallest absolute Gasteiger partial charge is 0.411 e. The molecule has 0 atom stereocenters. The molecule has 0 saturated carbocycles. The van der Waals surface area contributed by atoms with E-state index in [-0.39, 0.29) is 25.0 Å². The normalized spacial score (nSPS) is 11.8. The molecule has 0 saturated heterocycles. The lowest BCUT2D eigenvalue weighted by molar-refractivity contribution is -0.175. The van der Waals surface area contributed by atoms with Gasteiger partial charge in [-0.05, 0) is 24.6 Å². The van der Waals surface area contributed by atoms with Crippen molar-refractivity contribution >= 4 is 22.6 Å². The van der Waals surface area contributed by atoms with Gasteiger partial charge in [0.2, 0.25) is 11.8 Å². The van der Waals surface area contributed by atoms with Gasteiger partial charge in [0, 0.05) is 30.1 Å². The van der Waals surface area contributed by atoms with Crippen molar-refractivity contribution in [2.45, 2.75) is 33.5 Å². The number of pyridine rings is 2. The number of nitrogens with zero attached hydrogens (tertiary/aromatic N) is 4. The molecule has 172 valence electrons. The van der Waals surface area contributed by atoms with Gasteiger partial charge in [-0.2, -0.15) is 18.3 Å². The number of fused-ring (bicyclic) bond motifs is 1. The van der Waals surface area contributed by atoms with Crippen LogP contribution in [-0.2, 0) is 16.1 Å². The topological polar surface area (TPSA) is 91.2 Å². The van der Waals surface area contributed by atoms with Gasteiger partial charge in [0.25, 0.3) is 0 Å². The summed E-state index contributed by atoms with van der Waals surface area (Å²) in [6, 6.07) is 3.63. The van der Waals surface area contributed by atoms with Crippen LogP contribution in [0.4, 0.5) is 19.0 Å². The maximum atomic E-state index is 12.1. The molecule has 0 aliphatic carbocycles. The number of nitrogens with one attached hydrogen (secondary N) is 1. The summed E-state index contributed by atoms with van der Waals surface area (Å²) >= 11 is 0. The fourth-order valence-electron chi connectivity index (χ4n) is 2.87. The molecule has 0 fully saturated rings. The third-order valence-electron chi connectivity index (χ3n) is 4.41. The highest BCUT2D eigenvalue weighted by molar-refractivity contribution is 5.99. The Bertz CT molecular complexity index is 1080. The number of halogens is 3. The summed E-state index contributed by atoms with van der Waals surface area (Å²) in [4.78, 5) is 20.5. The van der Waals surface area contributed by atoms with E-state index in [9.17, 15) is 18.0 Å². The average Bonchev–Trinajstić information content (AvgIpc) is 3.11. The van der Waals surface area contributed by atoms with E-state index in [1.54, 1.807) is 50.1 Å². The molecule has 0 bridgehead atoms. The summed E-state index contributed by atoms with van der Waals surface area (Å²) in [6.07, 6.45) is 0.650. The van der Waals surface area contributed by atoms with E-state index in [1.165, 1.54) is 0 Å². The molecule has 32 heavy (non-hydrogen) atoms. The highest BCUT2D eigenvalue weighted by Crippen LogP contribution is 2.22. The first kappa shape index (κ1) is 23.5. The number of aromatic nitrogens is 4. The molecule has 11 heteroatoms. The first-order valence-electron chi connectivity index (χ1n) is 9.98. The zero-order valence-corrected chi connectivity index (χ0v) is 17.9. The maximum absolute atomic E-state index is 12.1. The van der Waals surface area contributed by atoms with E-state index in [0.717, 1.165) is 16.5 Å². The number of aryl methyl sites for hydroxylation is 1. The maximum Gasteiger partial charge on any atom is 0.411 e. The lowest BCUT2D eigenvalue weighted by Gasteiger charge is -2.11. The number of alkyl halides is 3. The van der Waals surface area contributed by atoms with Crippen molar-refractivity contribution in [2.24, 2.45) is 5.92 Å². The molecule has 0 aromatic carbocycles. The summed E-state index contributed by atoms with van der Waals surface area (Å²) in [6.45, 7) is 4.30. The molecule has 3 rings (SSSR count). The summed E-state index contributed by atoms with van der Waals surface area (Å²) in [5.41, 5.74) is 2.29. The standard InChI is InChI=1S/C21H24F3N5O3/c1-13(2)19(30)27-18-16-11-29(28-17(16)4-5-25-18)10-15-8-14(3)20(26-9-15)32-7-6-31-12-21(22,23)24/h4-5,8-9,11,13H,6-7,10,12H2,1-3H3,(H,25,27,30). The first-order chi connectivity index (χ1) is 15.1. The van der Waals surface area contributed by atoms with Crippen molar-refractivity contribution in [3.8, 4) is 5.88 Å². The lowest BCUT2D eigenvalue weighted by Crippen LogP contribution is -2.19. The molecular weight excluding hydrogens is 427 g/mol. The Labute approximate surface area is 182 Å². The largest absolute Gasteiger partial charge is 0.475 e. The number of hydrogen-bond donors (Lipinski definition) is 1. The Morgan fingerprint density at radius 2 is 2.03 bits per heavy atom. The van der Waals surface area contributed by atoms with E-state index in [1.807, 2.05) is 6.07 Å². The number of hydrogen-bond acceptors (Lipinski definition) is 6. The summed E-state index contributed by atoms with van der Waals surface area (Å²) < 4.78 is 47.8. The second-order valence-electron chi connectivity index (χ2n) is 7.54. The van der Waals surface area contributed by atoms with Gasteiger partial charge in [0.1, 0.15) is 19.0 Å². The highest BCUT2D eigenvalue weighted by atomic mass is 19.4. The van der Waals surface area contributed by atoms with Crippen LogP contribution in [-0.4, -0.2) is 51.7 Å². The minimum atomic E-state index is -4.36. The molecular formula is C21H24F3N5O3. The third-order valence-corrected chi connectivity index (χ3v) is 4.41. The van der Waals surface area contributed by atoms with Crippen LogP contribution in [0.25, 0.3) is 10.9 Å². The van der Waals surface area contributed by atoms with Crippen molar-refractivity contribution in [2.75, 3.05) is 25.1 Å². The minimum absolute atomic E-state index is 0.0360. The Balaban J connectivity index is 1.63. The van der Waals surface area contributed by atoms with Crippen LogP contribution in [0.5, 0.6) is 5.88 Å². The quantitative estimate of drug-likeness (QED) is 0.499. The Morgan fingerprint density at radius 3 is 2.72 bits per heavy atom. The van der Waals surface area contributed by atoms with E-state index < -0.39 is 12.8 Å². The van der Waals surface area contributed by atoms with Crippen LogP contribution in [0.2, 0.25) is 0 Å². The Hall–Kier alpha value is -3.21. The molecule has 1 N–H and O–H groups in total. The van der Waals surface area contributed by atoms with Gasteiger partial charge in [0.05, 0.1) is 24.1 Å². The van der Waals surface area contributed by atoms with E-state index in [0.29, 0.717) is 23.8 Å². The zero-order chi connectivity index (χ0) is 23.3. The van der Waals surface area contributed by atoms with Gasteiger partial charge >= 0.3 is 6.18 Å². The van der Waals surface area contributed by atoms with Crippen LogP contribution in [0.15, 0.2) is 30.7 Å². The van der Waals surface area contributed by atoms with Crippen molar-refractivity contribution in [3.63, 3.8) is 0 Å². The van der Waals surface area contributed by atoms with Crippen molar-refractivity contribution in [1.29, 1.82) is 0 Å². The fraction of sp³-hybridized carbons (Fsp3) is 0.429. The first-order valence-corrected chi connectivity index (χ1v) is 9.98. The number of rotatable bonds is 9. The second kappa shape index (κ2) is 9.94. The Morgan fingerprint density at radius 1 is 1.25 bits per heavy atom. The van der Waals surface area contributed by atoms with E-state index in [4.69, 9.17) is 4.74 Å². The number of amides is 1. The van der Waals surface area contributed by atoms with Gasteiger partial charge in [0.15, 0.2) is 0 Å². The molecule has 0 radical (unpaired) electrons. The van der Waals surface area contributed by atoms with Gasteiger partial charge < -0.3 is 14.8 Å². The molecule has 0 aliphatic rings. The van der Waals surface area contributed by atoms with Crippen LogP contribution in [0.1, 0.15) is 25.0 Å². The van der Waals surface area contributed by atoms with Crippen molar-refractivity contribution in [1.82, 2.24) is 19.7 Å². The van der Waals surface area contributed by atoms with Gasteiger partial charge in [-0.15, -0.1) is 0 Å². The number of carbonyl (C=O) groups excluding carboxylic acids is 1. The fourth-order valence-corrected chi connectivity index (χ4v) is 2.87. The van der Waals surface area contributed by atoms with Crippen LogP contribution in [0, 0.1) is 12.8 Å². The molecule has 3 aromatic rings. The SMILES string of the molecule is Cc1cc(Cn2cc3c(NC(=O)C(C)C)nccc3n2)cnc1OCCOCC(F)(F)F. The molecule has 0 spiro atoms. The second-order valence-corrected chi connectivity index (χ2v) is 7.54. The highest BCUT2D eigenvalue weighted by Gasteiger charge is 2.27. The van der Waals surface area contributed by atoms with Crippen LogP contribution >= 0.6 is 0 Å². The van der Waals surface area contributed by atoms with Crippen molar-refractivity contribution < 1.29 is 27.4 Å². The monoisotopic (exact) mass is 451 g/mol. The van der Waals surface area contributed by atoms with Crippen LogP contribution in [0.3, 0.4) is 0 Å². The lowest BCUT2D eigenvalue weighted by atomic mass is 10.2. The van der Waals surface area contributed by atoms with Crippen molar-refractivity contribution in [3.05, 3.63) is 41.9 Å². The van der Waals surface area contributed by atoms with Gasteiger partial charge in [-0.3, -0.25) is 9.48 Å². The van der Waals surface area contributed by atoms with Gasteiger partial charge in [-0.1, -0.05) is 13.8 Å². The summed E-state index contributed by atoms with van der Waals surface area (Å²) in [5.74, 6) is 0.487. The number of carbonyl (C=O) groups is 1. The number of ether oxygens (including phenoxy) is 2. The summed E-state index contributed by atoms with van der Waals surface area (Å²) in [7, 11) is 0.